The zero-order valence-corrected chi connectivity index (χ0v) is 10.6. The molecule has 0 unspecified atom stereocenters. The maximum Gasteiger partial charge on any atom is 0.128 e. The van der Waals surface area contributed by atoms with E-state index in [4.69, 9.17) is 5.73 Å². The van der Waals surface area contributed by atoms with Crippen molar-refractivity contribution in [1.82, 2.24) is 4.98 Å². The maximum atomic E-state index is 5.65. The topological polar surface area (TPSA) is 42.2 Å². The van der Waals surface area contributed by atoms with E-state index in [0.29, 0.717) is 6.54 Å². The van der Waals surface area contributed by atoms with Gasteiger partial charge >= 0.3 is 0 Å². The molecule has 0 saturated carbocycles. The molecule has 1 saturated heterocycles. The highest BCUT2D eigenvalue weighted by atomic mass is 32.2. The Morgan fingerprint density at radius 3 is 3.00 bits per heavy atom. The fraction of sp³-hybridized carbons (Fsp3) is 0.583. The number of aryl methyl sites for hydroxylation is 1. The summed E-state index contributed by atoms with van der Waals surface area (Å²) in [5.74, 6) is 3.59. The molecule has 0 atom stereocenters. The normalized spacial score (nSPS) is 17.2. The van der Waals surface area contributed by atoms with Crippen LogP contribution in [0.2, 0.25) is 0 Å². The third-order valence-corrected chi connectivity index (χ3v) is 4.00. The molecule has 1 aliphatic rings. The Labute approximate surface area is 101 Å². The lowest BCUT2D eigenvalue weighted by Gasteiger charge is -2.21. The van der Waals surface area contributed by atoms with E-state index in [1.54, 1.807) is 0 Å². The second-order valence-corrected chi connectivity index (χ2v) is 5.30. The summed E-state index contributed by atoms with van der Waals surface area (Å²) in [5, 5.41) is 0. The molecular formula is C12H19N3S. The molecule has 2 N–H and O–H groups in total. The molecule has 4 heteroatoms. The highest BCUT2D eigenvalue weighted by molar-refractivity contribution is 7.99. The number of nitrogens with two attached hydrogens (primary N) is 1. The molecule has 0 spiro atoms. The first-order valence-electron chi connectivity index (χ1n) is 5.80. The van der Waals surface area contributed by atoms with E-state index < -0.39 is 0 Å². The molecule has 1 aromatic heterocycles. The van der Waals surface area contributed by atoms with Crippen LogP contribution in [0.25, 0.3) is 0 Å². The van der Waals surface area contributed by atoms with Crippen LogP contribution in [0.5, 0.6) is 0 Å². The summed E-state index contributed by atoms with van der Waals surface area (Å²) >= 11 is 2.04. The van der Waals surface area contributed by atoms with Crippen LogP contribution in [-0.2, 0) is 6.54 Å². The van der Waals surface area contributed by atoms with Gasteiger partial charge in [0.1, 0.15) is 5.82 Å². The zero-order chi connectivity index (χ0) is 11.4. The van der Waals surface area contributed by atoms with E-state index in [0.717, 1.165) is 30.2 Å². The zero-order valence-electron chi connectivity index (χ0n) is 9.78. The first-order valence-corrected chi connectivity index (χ1v) is 6.96. The number of hydrogen-bond acceptors (Lipinski definition) is 4. The second kappa shape index (κ2) is 5.55. The Kier molecular flexibility index (Phi) is 4.07. The van der Waals surface area contributed by atoms with Gasteiger partial charge in [-0.15, -0.1) is 0 Å². The number of nitrogens with zero attached hydrogens (tertiary/aromatic N) is 2. The van der Waals surface area contributed by atoms with Gasteiger partial charge in [-0.25, -0.2) is 4.98 Å². The number of anilines is 1. The van der Waals surface area contributed by atoms with E-state index in [1.165, 1.54) is 17.9 Å². The molecule has 0 radical (unpaired) electrons. The summed E-state index contributed by atoms with van der Waals surface area (Å²) in [6.45, 7) is 4.85. The predicted molar refractivity (Wildman–Crippen MR) is 71.0 cm³/mol. The van der Waals surface area contributed by atoms with Crippen molar-refractivity contribution >= 4 is 17.6 Å². The van der Waals surface area contributed by atoms with Gasteiger partial charge in [0, 0.05) is 31.1 Å². The molecule has 16 heavy (non-hydrogen) atoms. The number of thioether (sulfide) groups is 1. The first-order chi connectivity index (χ1) is 7.81. The van der Waals surface area contributed by atoms with Crippen LogP contribution >= 0.6 is 11.8 Å². The van der Waals surface area contributed by atoms with Crippen molar-refractivity contribution in [2.75, 3.05) is 29.5 Å². The molecule has 88 valence electrons. The van der Waals surface area contributed by atoms with Crippen LogP contribution in [0.15, 0.2) is 12.1 Å². The molecule has 1 aromatic rings. The average molecular weight is 237 g/mol. The van der Waals surface area contributed by atoms with E-state index in [-0.39, 0.29) is 0 Å². The summed E-state index contributed by atoms with van der Waals surface area (Å²) < 4.78 is 0. The van der Waals surface area contributed by atoms with Crippen LogP contribution in [0.4, 0.5) is 5.82 Å². The van der Waals surface area contributed by atoms with Gasteiger partial charge in [0.05, 0.1) is 0 Å². The smallest absolute Gasteiger partial charge is 0.128 e. The van der Waals surface area contributed by atoms with Crippen molar-refractivity contribution in [2.45, 2.75) is 19.9 Å². The van der Waals surface area contributed by atoms with Crippen LogP contribution in [-0.4, -0.2) is 29.6 Å². The van der Waals surface area contributed by atoms with Crippen LogP contribution in [0.3, 0.4) is 0 Å². The molecule has 0 amide bonds. The quantitative estimate of drug-likeness (QED) is 0.851. The van der Waals surface area contributed by atoms with Crippen LogP contribution < -0.4 is 10.6 Å². The number of hydrogen-bond donors (Lipinski definition) is 1. The molecule has 1 fully saturated rings. The van der Waals surface area contributed by atoms with Gasteiger partial charge in [0.2, 0.25) is 0 Å². The van der Waals surface area contributed by atoms with Crippen molar-refractivity contribution in [2.24, 2.45) is 5.73 Å². The van der Waals surface area contributed by atoms with Gasteiger partial charge in [-0.1, -0.05) is 6.07 Å². The van der Waals surface area contributed by atoms with Crippen molar-refractivity contribution in [3.8, 4) is 0 Å². The van der Waals surface area contributed by atoms with Crippen molar-refractivity contribution in [3.63, 3.8) is 0 Å². The van der Waals surface area contributed by atoms with Gasteiger partial charge in [-0.3, -0.25) is 0 Å². The average Bonchev–Trinajstić information content (AvgIpc) is 2.57. The molecule has 3 nitrogen and oxygen atoms in total. The standard InChI is InChI=1S/C12H19N3S/c1-10-11(9-13)3-4-12(14-10)15-5-2-7-16-8-6-15/h3-4H,2,5-9,13H2,1H3. The van der Waals surface area contributed by atoms with Crippen LogP contribution in [0.1, 0.15) is 17.7 Å². The summed E-state index contributed by atoms with van der Waals surface area (Å²) in [6, 6.07) is 4.21. The largest absolute Gasteiger partial charge is 0.356 e. The lowest BCUT2D eigenvalue weighted by molar-refractivity contribution is 0.796. The lowest BCUT2D eigenvalue weighted by Crippen LogP contribution is -2.26. The number of pyridine rings is 1. The third kappa shape index (κ3) is 2.68. The fourth-order valence-electron chi connectivity index (χ4n) is 1.94. The minimum absolute atomic E-state index is 0.578. The monoisotopic (exact) mass is 237 g/mol. The second-order valence-electron chi connectivity index (χ2n) is 4.07. The molecule has 0 aromatic carbocycles. The SMILES string of the molecule is Cc1nc(N2CCCSCC2)ccc1CN. The Morgan fingerprint density at radius 2 is 2.25 bits per heavy atom. The molecular weight excluding hydrogens is 218 g/mol. The minimum atomic E-state index is 0.578. The minimum Gasteiger partial charge on any atom is -0.356 e. The van der Waals surface area contributed by atoms with E-state index in [9.17, 15) is 0 Å². The molecule has 0 aliphatic carbocycles. The highest BCUT2D eigenvalue weighted by Gasteiger charge is 2.11. The molecule has 2 heterocycles. The van der Waals surface area contributed by atoms with E-state index >= 15 is 0 Å². The summed E-state index contributed by atoms with van der Waals surface area (Å²) in [4.78, 5) is 7.03. The Bertz CT molecular complexity index is 346. The van der Waals surface area contributed by atoms with Gasteiger partial charge in [0.15, 0.2) is 0 Å². The Balaban J connectivity index is 2.16. The Morgan fingerprint density at radius 1 is 1.38 bits per heavy atom. The molecule has 0 bridgehead atoms. The summed E-state index contributed by atoms with van der Waals surface area (Å²) in [7, 11) is 0. The fourth-order valence-corrected chi connectivity index (χ4v) is 2.83. The van der Waals surface area contributed by atoms with Crippen LogP contribution in [0, 0.1) is 6.92 Å². The Hall–Kier alpha value is -0.740. The van der Waals surface area contributed by atoms with Crippen molar-refractivity contribution in [3.05, 3.63) is 23.4 Å². The first kappa shape index (κ1) is 11.7. The van der Waals surface area contributed by atoms with Crippen molar-refractivity contribution < 1.29 is 0 Å². The van der Waals surface area contributed by atoms with Gasteiger partial charge in [0.25, 0.3) is 0 Å². The molecule has 1 aliphatic heterocycles. The maximum absolute atomic E-state index is 5.65. The lowest BCUT2D eigenvalue weighted by atomic mass is 10.2. The van der Waals surface area contributed by atoms with Gasteiger partial charge in [-0.05, 0) is 30.7 Å². The van der Waals surface area contributed by atoms with E-state index in [1.807, 2.05) is 18.7 Å². The highest BCUT2D eigenvalue weighted by Crippen LogP contribution is 2.18. The van der Waals surface area contributed by atoms with Gasteiger partial charge in [-0.2, -0.15) is 11.8 Å². The van der Waals surface area contributed by atoms with Gasteiger partial charge < -0.3 is 10.6 Å². The van der Waals surface area contributed by atoms with Crippen molar-refractivity contribution in [1.29, 1.82) is 0 Å². The third-order valence-electron chi connectivity index (χ3n) is 2.95. The molecule has 2 rings (SSSR count). The summed E-state index contributed by atoms with van der Waals surface area (Å²) in [5.41, 5.74) is 7.86. The number of aromatic nitrogens is 1. The number of rotatable bonds is 2. The van der Waals surface area contributed by atoms with E-state index in [2.05, 4.69) is 22.0 Å². The predicted octanol–water partition coefficient (Wildman–Crippen LogP) is 1.79. The summed E-state index contributed by atoms with van der Waals surface area (Å²) in [6.07, 6.45) is 1.25.